The van der Waals surface area contributed by atoms with Crippen molar-refractivity contribution in [1.29, 1.82) is 0 Å². The minimum atomic E-state index is -0.463. The number of carbonyl (C=O) groups is 2. The molecular formula is C11H19N5O2. The molecule has 1 rings (SSSR count). The zero-order chi connectivity index (χ0) is 13.8. The average molecular weight is 253 g/mol. The molecule has 18 heavy (non-hydrogen) atoms. The van der Waals surface area contributed by atoms with Crippen LogP contribution in [0.15, 0.2) is 0 Å². The zero-order valence-corrected chi connectivity index (χ0v) is 11.1. The van der Waals surface area contributed by atoms with E-state index in [0.29, 0.717) is 12.2 Å². The van der Waals surface area contributed by atoms with Gasteiger partial charge in [-0.15, -0.1) is 5.10 Å². The summed E-state index contributed by atoms with van der Waals surface area (Å²) >= 11 is 0. The molecule has 0 aliphatic heterocycles. The summed E-state index contributed by atoms with van der Waals surface area (Å²) in [6.45, 7) is 7.42. The summed E-state index contributed by atoms with van der Waals surface area (Å²) in [5, 5.41) is 11.6. The number of nitrogens with one attached hydrogen (secondary N) is 3. The number of carbonyl (C=O) groups excluding carboxylic acids is 2. The van der Waals surface area contributed by atoms with Gasteiger partial charge in [0.05, 0.1) is 6.54 Å². The predicted octanol–water partition coefficient (Wildman–Crippen LogP) is 0.0116. The molecule has 7 nitrogen and oxygen atoms in total. The van der Waals surface area contributed by atoms with Crippen molar-refractivity contribution in [1.82, 2.24) is 25.8 Å². The maximum absolute atomic E-state index is 11.6. The first-order valence-corrected chi connectivity index (χ1v) is 5.82. The summed E-state index contributed by atoms with van der Waals surface area (Å²) < 4.78 is 0. The van der Waals surface area contributed by atoms with Crippen LogP contribution in [0.4, 0.5) is 0 Å². The van der Waals surface area contributed by atoms with Crippen molar-refractivity contribution in [2.75, 3.05) is 6.54 Å². The third kappa shape index (κ3) is 4.52. The van der Waals surface area contributed by atoms with Gasteiger partial charge in [-0.25, -0.2) is 4.98 Å². The molecule has 0 saturated carbocycles. The molecule has 0 atom stereocenters. The van der Waals surface area contributed by atoms with Crippen molar-refractivity contribution in [3.63, 3.8) is 0 Å². The summed E-state index contributed by atoms with van der Waals surface area (Å²) in [5.41, 5.74) is -0.318. The van der Waals surface area contributed by atoms with Gasteiger partial charge in [0.25, 0.3) is 5.91 Å². The van der Waals surface area contributed by atoms with E-state index in [4.69, 9.17) is 0 Å². The Kier molecular flexibility index (Phi) is 4.41. The van der Waals surface area contributed by atoms with E-state index in [2.05, 4.69) is 25.8 Å². The lowest BCUT2D eigenvalue weighted by Crippen LogP contribution is -2.45. The highest BCUT2D eigenvalue weighted by Crippen LogP contribution is 1.97. The van der Waals surface area contributed by atoms with Gasteiger partial charge < -0.3 is 10.6 Å². The van der Waals surface area contributed by atoms with Crippen LogP contribution in [0.3, 0.4) is 0 Å². The van der Waals surface area contributed by atoms with Gasteiger partial charge in [-0.1, -0.05) is 6.92 Å². The molecule has 0 bridgehead atoms. The topological polar surface area (TPSA) is 99.8 Å². The van der Waals surface area contributed by atoms with Crippen LogP contribution in [0.25, 0.3) is 0 Å². The summed E-state index contributed by atoms with van der Waals surface area (Å²) in [4.78, 5) is 27.1. The van der Waals surface area contributed by atoms with E-state index in [-0.39, 0.29) is 23.8 Å². The fourth-order valence-corrected chi connectivity index (χ4v) is 1.26. The lowest BCUT2D eigenvalue weighted by Gasteiger charge is -2.20. The molecule has 100 valence electrons. The molecule has 0 aromatic carbocycles. The molecule has 7 heteroatoms. The quantitative estimate of drug-likeness (QED) is 0.703. The highest BCUT2D eigenvalue weighted by molar-refractivity contribution is 5.93. The van der Waals surface area contributed by atoms with Gasteiger partial charge in [-0.05, 0) is 20.8 Å². The molecule has 1 aromatic heterocycles. The summed E-state index contributed by atoms with van der Waals surface area (Å²) in [6.07, 6.45) is 0.671. The van der Waals surface area contributed by atoms with Crippen LogP contribution in [-0.2, 0) is 11.2 Å². The second kappa shape index (κ2) is 5.61. The second-order valence-corrected chi connectivity index (χ2v) is 4.94. The third-order valence-electron chi connectivity index (χ3n) is 1.99. The van der Waals surface area contributed by atoms with Crippen molar-refractivity contribution in [2.24, 2.45) is 0 Å². The minimum Gasteiger partial charge on any atom is -0.350 e. The van der Waals surface area contributed by atoms with E-state index >= 15 is 0 Å². The molecule has 1 heterocycles. The van der Waals surface area contributed by atoms with Crippen molar-refractivity contribution >= 4 is 11.8 Å². The van der Waals surface area contributed by atoms with Crippen LogP contribution in [0.2, 0.25) is 0 Å². The van der Waals surface area contributed by atoms with Crippen molar-refractivity contribution in [3.05, 3.63) is 11.6 Å². The Balaban J connectivity index is 2.44. The number of aryl methyl sites for hydroxylation is 1. The number of hydrogen-bond acceptors (Lipinski definition) is 4. The molecule has 0 spiro atoms. The summed E-state index contributed by atoms with van der Waals surface area (Å²) in [7, 11) is 0. The average Bonchev–Trinajstić information content (AvgIpc) is 2.72. The smallest absolute Gasteiger partial charge is 0.291 e. The van der Waals surface area contributed by atoms with Crippen LogP contribution >= 0.6 is 0 Å². The van der Waals surface area contributed by atoms with Gasteiger partial charge >= 0.3 is 0 Å². The number of H-pyrrole nitrogens is 1. The first kappa shape index (κ1) is 14.1. The molecule has 1 aromatic rings. The van der Waals surface area contributed by atoms with Crippen molar-refractivity contribution < 1.29 is 9.59 Å². The van der Waals surface area contributed by atoms with E-state index in [9.17, 15) is 9.59 Å². The van der Waals surface area contributed by atoms with Crippen LogP contribution < -0.4 is 10.6 Å². The normalized spacial score (nSPS) is 11.1. The van der Waals surface area contributed by atoms with Crippen LogP contribution in [0.5, 0.6) is 0 Å². The van der Waals surface area contributed by atoms with Gasteiger partial charge in [0.2, 0.25) is 11.7 Å². The lowest BCUT2D eigenvalue weighted by atomic mass is 10.1. The number of rotatable bonds is 4. The molecule has 3 N–H and O–H groups in total. The predicted molar refractivity (Wildman–Crippen MR) is 66.0 cm³/mol. The first-order chi connectivity index (χ1) is 8.31. The Morgan fingerprint density at radius 2 is 2.00 bits per heavy atom. The van der Waals surface area contributed by atoms with Gasteiger partial charge in [-0.3, -0.25) is 14.7 Å². The molecule has 0 unspecified atom stereocenters. The summed E-state index contributed by atoms with van der Waals surface area (Å²) in [6, 6.07) is 0. The second-order valence-electron chi connectivity index (χ2n) is 4.94. The Hall–Kier alpha value is -1.92. The van der Waals surface area contributed by atoms with Gasteiger partial charge in [0, 0.05) is 12.0 Å². The Morgan fingerprint density at radius 3 is 2.50 bits per heavy atom. The highest BCUT2D eigenvalue weighted by Gasteiger charge is 2.16. The first-order valence-electron chi connectivity index (χ1n) is 5.82. The van der Waals surface area contributed by atoms with Crippen LogP contribution in [0.1, 0.15) is 44.1 Å². The number of aromatic amines is 1. The fourth-order valence-electron chi connectivity index (χ4n) is 1.26. The third-order valence-corrected chi connectivity index (χ3v) is 1.99. The maximum Gasteiger partial charge on any atom is 0.291 e. The SMILES string of the molecule is CCc1nc(C(=O)NCC(=O)NC(C)(C)C)n[nH]1. The lowest BCUT2D eigenvalue weighted by molar-refractivity contribution is -0.121. The van der Waals surface area contributed by atoms with E-state index in [1.54, 1.807) is 0 Å². The minimum absolute atomic E-state index is 0.0513. The molecule has 2 amide bonds. The fraction of sp³-hybridized carbons (Fsp3) is 0.636. The molecule has 0 radical (unpaired) electrons. The molecule has 0 aliphatic carbocycles. The van der Waals surface area contributed by atoms with Gasteiger partial charge in [0.1, 0.15) is 5.82 Å². The number of hydrogen-bond donors (Lipinski definition) is 3. The summed E-state index contributed by atoms with van der Waals surface area (Å²) in [5.74, 6) is -0.0215. The molecule has 0 aliphatic rings. The molecule has 0 fully saturated rings. The molecule has 0 saturated heterocycles. The van der Waals surface area contributed by atoms with Gasteiger partial charge in [0.15, 0.2) is 0 Å². The van der Waals surface area contributed by atoms with E-state index in [1.807, 2.05) is 27.7 Å². The van der Waals surface area contributed by atoms with Crippen molar-refractivity contribution in [3.8, 4) is 0 Å². The number of amides is 2. The Labute approximate surface area is 106 Å². The standard InChI is InChI=1S/C11H19N5O2/c1-5-7-13-9(16-15-7)10(18)12-6-8(17)14-11(2,3)4/h5-6H2,1-4H3,(H,12,18)(H,14,17)(H,13,15,16). The zero-order valence-electron chi connectivity index (χ0n) is 11.1. The van der Waals surface area contributed by atoms with Gasteiger partial charge in [-0.2, -0.15) is 0 Å². The highest BCUT2D eigenvalue weighted by atomic mass is 16.2. The Morgan fingerprint density at radius 1 is 1.33 bits per heavy atom. The molecular weight excluding hydrogens is 234 g/mol. The Bertz CT molecular complexity index is 433. The number of aromatic nitrogens is 3. The van der Waals surface area contributed by atoms with E-state index in [1.165, 1.54) is 0 Å². The maximum atomic E-state index is 11.6. The number of nitrogens with zero attached hydrogens (tertiary/aromatic N) is 2. The monoisotopic (exact) mass is 253 g/mol. The van der Waals surface area contributed by atoms with Crippen LogP contribution in [0, 0.1) is 0 Å². The van der Waals surface area contributed by atoms with E-state index in [0.717, 1.165) is 0 Å². The van der Waals surface area contributed by atoms with Crippen LogP contribution in [-0.4, -0.2) is 39.1 Å². The van der Waals surface area contributed by atoms with E-state index < -0.39 is 5.91 Å². The largest absolute Gasteiger partial charge is 0.350 e. The van der Waals surface area contributed by atoms with Crippen molar-refractivity contribution in [2.45, 2.75) is 39.7 Å².